The lowest BCUT2D eigenvalue weighted by atomic mass is 9.91. The smallest absolute Gasteiger partial charge is 0.326 e. The highest BCUT2D eigenvalue weighted by molar-refractivity contribution is 6.30. The van der Waals surface area contributed by atoms with E-state index in [4.69, 9.17) is 11.6 Å². The van der Waals surface area contributed by atoms with Crippen LogP contribution in [0.1, 0.15) is 78.7 Å². The largest absolute Gasteiger partial charge is 0.480 e. The Balaban J connectivity index is 1.97. The minimum atomic E-state index is -1.28. The van der Waals surface area contributed by atoms with Gasteiger partial charge in [-0.05, 0) is 72.6 Å². The molecule has 0 bridgehead atoms. The molecule has 0 aliphatic heterocycles. The van der Waals surface area contributed by atoms with E-state index in [9.17, 15) is 44.3 Å². The summed E-state index contributed by atoms with van der Waals surface area (Å²) in [5, 5.41) is 44.5. The fraction of sp³-hybridized carbons (Fsp3) is 0.472. The summed E-state index contributed by atoms with van der Waals surface area (Å²) in [5.74, 6) is -3.91. The van der Waals surface area contributed by atoms with Gasteiger partial charge in [0.2, 0.25) is 17.7 Å². The number of aliphatic carboxylic acids is 2. The van der Waals surface area contributed by atoms with Crippen LogP contribution >= 0.6 is 11.6 Å². The molecule has 3 unspecified atom stereocenters. The molecule has 16 heteroatoms. The van der Waals surface area contributed by atoms with Gasteiger partial charge < -0.3 is 36.8 Å². The molecular formula is C36H49ClN6O9. The lowest BCUT2D eigenvalue weighted by molar-refractivity contribution is -0.403. The van der Waals surface area contributed by atoms with Gasteiger partial charge in [-0.3, -0.25) is 24.5 Å². The van der Waals surface area contributed by atoms with Gasteiger partial charge in [0.05, 0.1) is 11.3 Å². The normalized spacial score (nSPS) is 13.3. The van der Waals surface area contributed by atoms with Crippen LogP contribution in [0.3, 0.4) is 0 Å². The van der Waals surface area contributed by atoms with E-state index in [1.54, 1.807) is 48.5 Å². The summed E-state index contributed by atoms with van der Waals surface area (Å²) in [5.41, 5.74) is 1.34. The molecule has 0 aromatic heterocycles. The lowest BCUT2D eigenvalue weighted by Gasteiger charge is -2.23. The van der Waals surface area contributed by atoms with E-state index < -0.39 is 46.8 Å². The average Bonchev–Trinajstić information content (AvgIpc) is 3.01. The molecule has 2 aromatic rings. The van der Waals surface area contributed by atoms with Crippen LogP contribution in [-0.4, -0.2) is 62.9 Å². The molecule has 7 N–H and O–H groups in total. The van der Waals surface area contributed by atoms with Gasteiger partial charge in [0, 0.05) is 22.8 Å². The van der Waals surface area contributed by atoms with Gasteiger partial charge in [0.25, 0.3) is 6.20 Å². The lowest BCUT2D eigenvalue weighted by Crippen LogP contribution is -2.52. The molecule has 3 amide bonds. The second-order valence-corrected chi connectivity index (χ2v) is 14.5. The van der Waals surface area contributed by atoms with Gasteiger partial charge in [0.1, 0.15) is 18.1 Å². The van der Waals surface area contributed by atoms with Gasteiger partial charge in [-0.2, -0.15) is 0 Å². The van der Waals surface area contributed by atoms with Crippen molar-refractivity contribution in [1.29, 1.82) is 0 Å². The predicted molar refractivity (Wildman–Crippen MR) is 197 cm³/mol. The number of halogens is 1. The molecule has 52 heavy (non-hydrogen) atoms. The van der Waals surface area contributed by atoms with Gasteiger partial charge in [0.15, 0.2) is 5.82 Å². The summed E-state index contributed by atoms with van der Waals surface area (Å²) in [7, 11) is 0. The standard InChI is InChI=1S/C36H49ClN6O9/c1-22(2)18-29(33(46)42-28(35(49)50)9-7-6-8-27(34(47)48)40-32(45)20-36(3,4)5)41-31(44)19-23-10-14-25(15-11-23)38-30(21-43(51)52)39-26-16-12-24(37)13-17-26/h10-17,21-22,27-29,38-39H,6-9,18-20H2,1-5H3,(H,40,45)(H,41,44)(H,42,46)(H,47,48)(H,49,50). The maximum absolute atomic E-state index is 13.2. The van der Waals surface area contributed by atoms with E-state index in [2.05, 4.69) is 26.6 Å². The van der Waals surface area contributed by atoms with E-state index in [1.807, 2.05) is 34.6 Å². The molecular weight excluding hydrogens is 696 g/mol. The second-order valence-electron chi connectivity index (χ2n) is 14.1. The first-order valence-corrected chi connectivity index (χ1v) is 17.3. The Morgan fingerprint density at radius 2 is 1.27 bits per heavy atom. The van der Waals surface area contributed by atoms with Crippen molar-refractivity contribution in [3.63, 3.8) is 0 Å². The average molecular weight is 745 g/mol. The fourth-order valence-electron chi connectivity index (χ4n) is 5.10. The number of rotatable bonds is 21. The molecule has 0 radical (unpaired) electrons. The summed E-state index contributed by atoms with van der Waals surface area (Å²) in [6.07, 6.45) is 1.73. The molecule has 2 rings (SSSR count). The molecule has 0 aliphatic carbocycles. The maximum Gasteiger partial charge on any atom is 0.326 e. The molecule has 15 nitrogen and oxygen atoms in total. The summed E-state index contributed by atoms with van der Waals surface area (Å²) < 4.78 is 0. The minimum Gasteiger partial charge on any atom is -0.480 e. The molecule has 0 fully saturated rings. The number of nitrogens with one attached hydrogen (secondary N) is 5. The van der Waals surface area contributed by atoms with E-state index >= 15 is 0 Å². The van der Waals surface area contributed by atoms with Gasteiger partial charge in [-0.25, -0.2) is 9.59 Å². The minimum absolute atomic E-state index is 0.0138. The van der Waals surface area contributed by atoms with Crippen LogP contribution < -0.4 is 26.6 Å². The fourth-order valence-corrected chi connectivity index (χ4v) is 5.22. The number of carboxylic acids is 2. The quantitative estimate of drug-likeness (QED) is 0.0502. The molecule has 0 heterocycles. The van der Waals surface area contributed by atoms with Crippen LogP contribution in [0.4, 0.5) is 11.4 Å². The highest BCUT2D eigenvalue weighted by Crippen LogP contribution is 2.20. The van der Waals surface area contributed by atoms with Crippen LogP contribution in [0, 0.1) is 21.4 Å². The van der Waals surface area contributed by atoms with E-state index in [-0.39, 0.29) is 61.6 Å². The number of hydrogen-bond donors (Lipinski definition) is 7. The van der Waals surface area contributed by atoms with Gasteiger partial charge in [-0.15, -0.1) is 0 Å². The Hall–Kier alpha value is -5.18. The Morgan fingerprint density at radius 3 is 1.73 bits per heavy atom. The number of unbranched alkanes of at least 4 members (excludes halogenated alkanes) is 1. The number of amides is 3. The van der Waals surface area contributed by atoms with Crippen LogP contribution in [0.5, 0.6) is 0 Å². The van der Waals surface area contributed by atoms with Crippen LogP contribution in [-0.2, 0) is 30.4 Å². The first-order chi connectivity index (χ1) is 24.3. The van der Waals surface area contributed by atoms with Crippen LogP contribution in [0.2, 0.25) is 5.02 Å². The van der Waals surface area contributed by atoms with Crippen molar-refractivity contribution < 1.29 is 39.1 Å². The van der Waals surface area contributed by atoms with Crippen LogP contribution in [0.25, 0.3) is 0 Å². The van der Waals surface area contributed by atoms with Crippen LogP contribution in [0.15, 0.2) is 60.6 Å². The first kappa shape index (κ1) is 43.0. The summed E-state index contributed by atoms with van der Waals surface area (Å²) in [4.78, 5) is 72.7. The van der Waals surface area contributed by atoms with Gasteiger partial charge >= 0.3 is 11.9 Å². The number of benzene rings is 2. The molecule has 0 spiro atoms. The zero-order valence-corrected chi connectivity index (χ0v) is 30.8. The summed E-state index contributed by atoms with van der Waals surface area (Å²) >= 11 is 5.91. The first-order valence-electron chi connectivity index (χ1n) is 16.9. The zero-order chi connectivity index (χ0) is 39.0. The van der Waals surface area contributed by atoms with E-state index in [0.29, 0.717) is 28.4 Å². The SMILES string of the molecule is CC(C)CC(NC(=O)Cc1ccc(NC(=C[N+](=O)[O-])Nc2ccc(Cl)cc2)cc1)C(=O)NC(CCCCC(NC(=O)CC(C)(C)C)C(=O)O)C(=O)O. The predicted octanol–water partition coefficient (Wildman–Crippen LogP) is 5.15. The third-order valence-electron chi connectivity index (χ3n) is 7.49. The number of hydrogen-bond acceptors (Lipinski definition) is 9. The summed E-state index contributed by atoms with van der Waals surface area (Å²) in [6, 6.07) is 9.74. The Labute approximate surface area is 308 Å². The topological polar surface area (TPSA) is 229 Å². The number of nitro groups is 1. The monoisotopic (exact) mass is 744 g/mol. The molecule has 2 aromatic carbocycles. The highest BCUT2D eigenvalue weighted by Gasteiger charge is 2.28. The molecule has 0 saturated carbocycles. The van der Waals surface area contributed by atoms with Crippen molar-refractivity contribution >= 4 is 52.6 Å². The second kappa shape index (κ2) is 20.6. The van der Waals surface area contributed by atoms with Crippen molar-refractivity contribution in [3.05, 3.63) is 81.3 Å². The Bertz CT molecular complexity index is 1570. The Morgan fingerprint density at radius 1 is 0.788 bits per heavy atom. The Kier molecular flexibility index (Phi) is 17.0. The van der Waals surface area contributed by atoms with E-state index in [0.717, 1.165) is 6.20 Å². The molecule has 3 atom stereocenters. The zero-order valence-electron chi connectivity index (χ0n) is 30.0. The highest BCUT2D eigenvalue weighted by atomic mass is 35.5. The number of anilines is 2. The third kappa shape index (κ3) is 17.2. The van der Waals surface area contributed by atoms with Crippen molar-refractivity contribution in [3.8, 4) is 0 Å². The van der Waals surface area contributed by atoms with Crippen molar-refractivity contribution in [2.24, 2.45) is 11.3 Å². The van der Waals surface area contributed by atoms with E-state index in [1.165, 1.54) is 0 Å². The number of carboxylic acid groups (broad SMARTS) is 2. The van der Waals surface area contributed by atoms with Gasteiger partial charge in [-0.1, -0.05) is 71.2 Å². The summed E-state index contributed by atoms with van der Waals surface area (Å²) in [6.45, 7) is 9.30. The number of carbonyl (C=O) groups is 5. The number of carbonyl (C=O) groups excluding carboxylic acids is 3. The van der Waals surface area contributed by atoms with Crippen molar-refractivity contribution in [2.45, 2.75) is 97.7 Å². The maximum atomic E-state index is 13.2. The molecule has 0 aliphatic rings. The third-order valence-corrected chi connectivity index (χ3v) is 7.74. The van der Waals surface area contributed by atoms with Crippen molar-refractivity contribution in [1.82, 2.24) is 16.0 Å². The number of nitrogens with zero attached hydrogens (tertiary/aromatic N) is 1. The van der Waals surface area contributed by atoms with Crippen molar-refractivity contribution in [2.75, 3.05) is 10.6 Å². The molecule has 284 valence electrons. The molecule has 0 saturated heterocycles.